The number of fused-ring (bicyclic) bond motifs is 2. The van der Waals surface area contributed by atoms with Crippen molar-refractivity contribution < 1.29 is 24.4 Å². The molecule has 8 nitrogen and oxygen atoms in total. The van der Waals surface area contributed by atoms with E-state index in [1.165, 1.54) is 6.33 Å². The Balaban J connectivity index is 1.55. The standard InChI is InChI=1S/C22H22Cl3N3O5/c1-22(2)32-17-16(15(30)12-8-14(24)13(23)7-10(12)4-6-29)31-21(18(17)33-22)28-5-3-11-19(25)26-9-27-20(11)28/h3,5,7-9,15-18,21,29-30H,4,6H2,1-2H3/t15-,16-,17-,18?,21-/m1/s1. The van der Waals surface area contributed by atoms with Gasteiger partial charge in [0.1, 0.15) is 41.5 Å². The van der Waals surface area contributed by atoms with Gasteiger partial charge in [0.15, 0.2) is 12.0 Å². The molecule has 5 atom stereocenters. The summed E-state index contributed by atoms with van der Waals surface area (Å²) in [5.41, 5.74) is 1.77. The number of aliphatic hydroxyl groups excluding tert-OH is 2. The van der Waals surface area contributed by atoms with E-state index < -0.39 is 36.4 Å². The summed E-state index contributed by atoms with van der Waals surface area (Å²) in [6.07, 6.45) is -0.154. The van der Waals surface area contributed by atoms with Crippen LogP contribution in [0.3, 0.4) is 0 Å². The first kappa shape index (κ1) is 23.3. The van der Waals surface area contributed by atoms with Crippen molar-refractivity contribution in [3.05, 3.63) is 57.0 Å². The van der Waals surface area contributed by atoms with Crippen molar-refractivity contribution in [3.8, 4) is 0 Å². The normalized spacial score (nSPS) is 27.2. The number of hydrogen-bond acceptors (Lipinski definition) is 7. The van der Waals surface area contributed by atoms with Gasteiger partial charge in [-0.15, -0.1) is 0 Å². The molecule has 176 valence electrons. The molecular formula is C22H22Cl3N3O5. The quantitative estimate of drug-likeness (QED) is 0.495. The van der Waals surface area contributed by atoms with Crippen LogP contribution in [0.5, 0.6) is 0 Å². The lowest BCUT2D eigenvalue weighted by atomic mass is 9.94. The van der Waals surface area contributed by atoms with Crippen LogP contribution >= 0.6 is 34.8 Å². The van der Waals surface area contributed by atoms with Gasteiger partial charge in [-0.25, -0.2) is 9.97 Å². The Bertz CT molecular complexity index is 1200. The van der Waals surface area contributed by atoms with E-state index in [4.69, 9.17) is 49.0 Å². The molecule has 2 aliphatic rings. The van der Waals surface area contributed by atoms with Crippen molar-refractivity contribution in [2.45, 2.75) is 56.7 Å². The maximum atomic E-state index is 11.4. The second-order valence-corrected chi connectivity index (χ2v) is 9.74. The number of ether oxygens (including phenoxy) is 3. The van der Waals surface area contributed by atoms with Gasteiger partial charge in [0.25, 0.3) is 0 Å². The molecule has 0 spiro atoms. The van der Waals surface area contributed by atoms with Gasteiger partial charge in [0.2, 0.25) is 0 Å². The van der Waals surface area contributed by atoms with Crippen molar-refractivity contribution in [1.29, 1.82) is 0 Å². The lowest BCUT2D eigenvalue weighted by Crippen LogP contribution is -2.34. The summed E-state index contributed by atoms with van der Waals surface area (Å²) < 4.78 is 20.5. The second kappa shape index (κ2) is 8.62. The molecule has 2 N–H and O–H groups in total. The van der Waals surface area contributed by atoms with Crippen molar-refractivity contribution in [3.63, 3.8) is 0 Å². The number of nitrogens with zero attached hydrogens (tertiary/aromatic N) is 3. The first-order valence-electron chi connectivity index (χ1n) is 10.4. The molecule has 1 aromatic carbocycles. The first-order valence-corrected chi connectivity index (χ1v) is 11.6. The minimum absolute atomic E-state index is 0.111. The summed E-state index contributed by atoms with van der Waals surface area (Å²) in [6, 6.07) is 5.06. The summed E-state index contributed by atoms with van der Waals surface area (Å²) in [5, 5.41) is 22.6. The number of aliphatic hydroxyl groups is 2. The number of benzene rings is 1. The van der Waals surface area contributed by atoms with Gasteiger partial charge in [0.05, 0.1) is 15.4 Å². The highest BCUT2D eigenvalue weighted by atomic mass is 35.5. The molecule has 11 heteroatoms. The highest BCUT2D eigenvalue weighted by Gasteiger charge is 2.58. The zero-order valence-corrected chi connectivity index (χ0v) is 20.1. The van der Waals surface area contributed by atoms with Crippen LogP contribution in [-0.4, -0.2) is 55.5 Å². The van der Waals surface area contributed by atoms with E-state index in [1.807, 2.05) is 18.4 Å². The summed E-state index contributed by atoms with van der Waals surface area (Å²) in [5.74, 6) is -0.878. The third-order valence-corrected chi connectivity index (χ3v) is 7.02. The fraction of sp³-hybridized carbons (Fsp3) is 0.455. The number of aromatic nitrogens is 3. The summed E-state index contributed by atoms with van der Waals surface area (Å²) in [6.45, 7) is 3.52. The van der Waals surface area contributed by atoms with Crippen molar-refractivity contribution in [2.24, 2.45) is 0 Å². The highest BCUT2D eigenvalue weighted by molar-refractivity contribution is 6.42. The van der Waals surface area contributed by atoms with Gasteiger partial charge in [0, 0.05) is 12.8 Å². The third kappa shape index (κ3) is 4.02. The molecule has 5 rings (SSSR count). The Morgan fingerprint density at radius 2 is 1.85 bits per heavy atom. The van der Waals surface area contributed by atoms with Crippen molar-refractivity contribution in [1.82, 2.24) is 14.5 Å². The molecule has 0 radical (unpaired) electrons. The van der Waals surface area contributed by atoms with Gasteiger partial charge in [-0.1, -0.05) is 34.8 Å². The summed E-state index contributed by atoms with van der Waals surface area (Å²) in [4.78, 5) is 8.38. The van der Waals surface area contributed by atoms with Crippen LogP contribution in [0, 0.1) is 0 Å². The maximum Gasteiger partial charge on any atom is 0.164 e. The molecule has 2 saturated heterocycles. The fourth-order valence-electron chi connectivity index (χ4n) is 4.62. The van der Waals surface area contributed by atoms with Gasteiger partial charge in [-0.3, -0.25) is 0 Å². The SMILES string of the molecule is CC1(C)OC2[C@H](n3ccc4c(Cl)ncnc43)O[C@H]([C@H](O)c3cc(Cl)c(Cl)cc3CCO)[C@H]2O1. The van der Waals surface area contributed by atoms with Gasteiger partial charge in [-0.05, 0) is 49.6 Å². The number of hydrogen-bond donors (Lipinski definition) is 2. The second-order valence-electron chi connectivity index (χ2n) is 8.56. The van der Waals surface area contributed by atoms with Crippen LogP contribution in [0.4, 0.5) is 0 Å². The Labute approximate surface area is 205 Å². The van der Waals surface area contributed by atoms with Crippen LogP contribution in [0.25, 0.3) is 11.0 Å². The van der Waals surface area contributed by atoms with Crippen LogP contribution in [-0.2, 0) is 20.6 Å². The lowest BCUT2D eigenvalue weighted by Gasteiger charge is -2.28. The van der Waals surface area contributed by atoms with Gasteiger partial charge in [-0.2, -0.15) is 0 Å². The Kier molecular flexibility index (Phi) is 6.08. The Morgan fingerprint density at radius 1 is 1.12 bits per heavy atom. The van der Waals surface area contributed by atoms with E-state index in [9.17, 15) is 10.2 Å². The molecule has 0 saturated carbocycles. The Hall–Kier alpha value is -1.49. The van der Waals surface area contributed by atoms with Crippen LogP contribution in [0.15, 0.2) is 30.7 Å². The molecular weight excluding hydrogens is 493 g/mol. The summed E-state index contributed by atoms with van der Waals surface area (Å²) >= 11 is 18.6. The average molecular weight is 515 g/mol. The molecule has 0 bridgehead atoms. The molecule has 4 heterocycles. The number of halogens is 3. The van der Waals surface area contributed by atoms with Gasteiger partial charge >= 0.3 is 0 Å². The molecule has 0 aliphatic carbocycles. The monoisotopic (exact) mass is 513 g/mol. The zero-order chi connectivity index (χ0) is 23.5. The van der Waals surface area contributed by atoms with E-state index in [-0.39, 0.29) is 6.61 Å². The molecule has 1 unspecified atom stereocenters. The molecule has 2 aromatic heterocycles. The predicted molar refractivity (Wildman–Crippen MR) is 122 cm³/mol. The molecule has 2 fully saturated rings. The highest BCUT2D eigenvalue weighted by Crippen LogP contribution is 2.48. The van der Waals surface area contributed by atoms with E-state index in [2.05, 4.69) is 9.97 Å². The van der Waals surface area contributed by atoms with Crippen molar-refractivity contribution in [2.75, 3.05) is 6.61 Å². The zero-order valence-electron chi connectivity index (χ0n) is 17.8. The Morgan fingerprint density at radius 3 is 2.61 bits per heavy atom. The van der Waals surface area contributed by atoms with Crippen LogP contribution in [0.2, 0.25) is 15.2 Å². The van der Waals surface area contributed by atoms with E-state index in [0.717, 1.165) is 0 Å². The van der Waals surface area contributed by atoms with E-state index in [0.29, 0.717) is 43.8 Å². The van der Waals surface area contributed by atoms with Gasteiger partial charge < -0.3 is 29.0 Å². The number of rotatable bonds is 5. The fourth-order valence-corrected chi connectivity index (χ4v) is 5.17. The molecule has 0 amide bonds. The topological polar surface area (TPSA) is 98.9 Å². The average Bonchev–Trinajstić information content (AvgIpc) is 3.41. The first-order chi connectivity index (χ1) is 15.7. The molecule has 3 aromatic rings. The van der Waals surface area contributed by atoms with E-state index in [1.54, 1.807) is 24.4 Å². The lowest BCUT2D eigenvalue weighted by molar-refractivity contribution is -0.207. The van der Waals surface area contributed by atoms with Crippen molar-refractivity contribution >= 4 is 45.8 Å². The third-order valence-electron chi connectivity index (χ3n) is 5.99. The largest absolute Gasteiger partial charge is 0.396 e. The predicted octanol–water partition coefficient (Wildman–Crippen LogP) is 4.08. The smallest absolute Gasteiger partial charge is 0.164 e. The molecule has 2 aliphatic heterocycles. The minimum atomic E-state index is -1.11. The maximum absolute atomic E-state index is 11.4. The van der Waals surface area contributed by atoms with Crippen LogP contribution in [0.1, 0.15) is 37.3 Å². The van der Waals surface area contributed by atoms with Crippen LogP contribution < -0.4 is 0 Å². The van der Waals surface area contributed by atoms with E-state index >= 15 is 0 Å². The summed E-state index contributed by atoms with van der Waals surface area (Å²) in [7, 11) is 0. The molecule has 33 heavy (non-hydrogen) atoms. The minimum Gasteiger partial charge on any atom is -0.396 e.